The van der Waals surface area contributed by atoms with E-state index in [-0.39, 0.29) is 0 Å². The zero-order valence-electron chi connectivity index (χ0n) is 13.4. The second-order valence-electron chi connectivity index (χ2n) is 5.30. The number of ether oxygens (including phenoxy) is 1. The molecule has 0 saturated heterocycles. The van der Waals surface area contributed by atoms with Crippen LogP contribution in [0.1, 0.15) is 28.7 Å². The molecule has 0 N–H and O–H groups in total. The summed E-state index contributed by atoms with van der Waals surface area (Å²) in [7, 11) is 0. The largest absolute Gasteiger partial charge is 0.461 e. The first kappa shape index (κ1) is 15.1. The predicted octanol–water partition coefficient (Wildman–Crippen LogP) is 3.93. The summed E-state index contributed by atoms with van der Waals surface area (Å²) < 4.78 is 12.3. The lowest BCUT2D eigenvalue weighted by Gasteiger charge is -2.07. The van der Waals surface area contributed by atoms with Gasteiger partial charge < -0.3 is 9.15 Å². The maximum atomic E-state index is 12.3. The molecule has 0 spiro atoms. The Labute approximate surface area is 134 Å². The van der Waals surface area contributed by atoms with Crippen LogP contribution in [-0.4, -0.2) is 22.4 Å². The van der Waals surface area contributed by atoms with Gasteiger partial charge in [-0.15, -0.1) is 0 Å². The predicted molar refractivity (Wildman–Crippen MR) is 86.7 cm³/mol. The van der Waals surface area contributed by atoms with Crippen molar-refractivity contribution in [2.75, 3.05) is 6.61 Å². The van der Waals surface area contributed by atoms with Crippen molar-refractivity contribution < 1.29 is 13.9 Å². The molecule has 0 aliphatic carbocycles. The number of nitrogens with zero attached hydrogens (tertiary/aromatic N) is 2. The number of carbonyl (C=O) groups excluding carboxylic acids is 1. The summed E-state index contributed by atoms with van der Waals surface area (Å²) in [6.07, 6.45) is 0. The molecule has 5 nitrogen and oxygen atoms in total. The Kier molecular flexibility index (Phi) is 4.02. The summed E-state index contributed by atoms with van der Waals surface area (Å²) in [5, 5.41) is 4.53. The van der Waals surface area contributed by atoms with E-state index in [1.165, 1.54) is 0 Å². The number of furan rings is 1. The average Bonchev–Trinajstić information content (AvgIpc) is 3.13. The monoisotopic (exact) mass is 310 g/mol. The molecule has 0 radical (unpaired) electrons. The molecule has 0 bridgehead atoms. The van der Waals surface area contributed by atoms with E-state index in [4.69, 9.17) is 9.15 Å². The van der Waals surface area contributed by atoms with Crippen molar-refractivity contribution in [2.45, 2.75) is 20.8 Å². The first-order valence-corrected chi connectivity index (χ1v) is 7.49. The average molecular weight is 310 g/mol. The van der Waals surface area contributed by atoms with E-state index in [0.29, 0.717) is 23.8 Å². The third kappa shape index (κ3) is 3.04. The van der Waals surface area contributed by atoms with Gasteiger partial charge in [-0.2, -0.15) is 5.10 Å². The normalized spacial score (nSPS) is 10.7. The Morgan fingerprint density at radius 3 is 2.70 bits per heavy atom. The Morgan fingerprint density at radius 1 is 1.22 bits per heavy atom. The number of hydrogen-bond donors (Lipinski definition) is 0. The molecule has 118 valence electrons. The van der Waals surface area contributed by atoms with Gasteiger partial charge in [0.15, 0.2) is 11.5 Å². The molecule has 0 aliphatic rings. The highest BCUT2D eigenvalue weighted by Crippen LogP contribution is 2.24. The molecule has 1 aromatic carbocycles. The highest BCUT2D eigenvalue weighted by Gasteiger charge is 2.20. The first-order chi connectivity index (χ1) is 11.1. The van der Waals surface area contributed by atoms with Gasteiger partial charge in [-0.25, -0.2) is 9.48 Å². The number of rotatable bonds is 4. The fourth-order valence-corrected chi connectivity index (χ4v) is 2.38. The van der Waals surface area contributed by atoms with Gasteiger partial charge in [-0.1, -0.05) is 12.1 Å². The molecule has 0 fully saturated rings. The number of benzene rings is 1. The van der Waals surface area contributed by atoms with Gasteiger partial charge in [0.05, 0.1) is 12.3 Å². The SMILES string of the molecule is CCOC(=O)c1cc(-c2ccc(C)o2)nn1-c1cccc(C)c1. The van der Waals surface area contributed by atoms with Gasteiger partial charge in [0.25, 0.3) is 0 Å². The zero-order chi connectivity index (χ0) is 16.4. The molecule has 23 heavy (non-hydrogen) atoms. The standard InChI is InChI=1S/C18H18N2O3/c1-4-22-18(21)16-11-15(17-9-8-13(3)23-17)19-20(16)14-7-5-6-12(2)10-14/h5-11H,4H2,1-3H3. The van der Waals surface area contributed by atoms with Crippen LogP contribution in [-0.2, 0) is 4.74 Å². The Balaban J connectivity index is 2.12. The van der Waals surface area contributed by atoms with Crippen LogP contribution in [0.3, 0.4) is 0 Å². The van der Waals surface area contributed by atoms with E-state index in [0.717, 1.165) is 17.0 Å². The van der Waals surface area contributed by atoms with Crippen LogP contribution in [0.2, 0.25) is 0 Å². The molecule has 0 aliphatic heterocycles. The van der Waals surface area contributed by atoms with Crippen LogP contribution in [0.25, 0.3) is 17.1 Å². The zero-order valence-corrected chi connectivity index (χ0v) is 13.4. The second-order valence-corrected chi connectivity index (χ2v) is 5.30. The van der Waals surface area contributed by atoms with E-state index in [2.05, 4.69) is 5.10 Å². The van der Waals surface area contributed by atoms with E-state index in [1.807, 2.05) is 50.2 Å². The fraction of sp³-hybridized carbons (Fsp3) is 0.222. The van der Waals surface area contributed by atoms with Gasteiger partial charge in [-0.3, -0.25) is 0 Å². The van der Waals surface area contributed by atoms with Crippen LogP contribution in [0.15, 0.2) is 46.9 Å². The molecule has 3 rings (SSSR count). The summed E-state index contributed by atoms with van der Waals surface area (Å²) in [5.74, 6) is 1.01. The lowest BCUT2D eigenvalue weighted by Crippen LogP contribution is -2.12. The van der Waals surface area contributed by atoms with Crippen LogP contribution in [0.4, 0.5) is 0 Å². The lowest BCUT2D eigenvalue weighted by molar-refractivity contribution is 0.0515. The molecule has 0 amide bonds. The fourth-order valence-electron chi connectivity index (χ4n) is 2.38. The van der Waals surface area contributed by atoms with Crippen LogP contribution in [0.5, 0.6) is 0 Å². The molecule has 0 saturated carbocycles. The molecular weight excluding hydrogens is 292 g/mol. The maximum Gasteiger partial charge on any atom is 0.357 e. The van der Waals surface area contributed by atoms with Crippen molar-refractivity contribution in [3.05, 3.63) is 59.5 Å². The van der Waals surface area contributed by atoms with Gasteiger partial charge in [-0.05, 0) is 50.6 Å². The molecule has 2 heterocycles. The molecule has 2 aromatic heterocycles. The highest BCUT2D eigenvalue weighted by molar-refractivity contribution is 5.89. The lowest BCUT2D eigenvalue weighted by atomic mass is 10.2. The van der Waals surface area contributed by atoms with Gasteiger partial charge in [0.2, 0.25) is 0 Å². The summed E-state index contributed by atoms with van der Waals surface area (Å²) >= 11 is 0. The minimum absolute atomic E-state index is 0.313. The van der Waals surface area contributed by atoms with E-state index < -0.39 is 5.97 Å². The van der Waals surface area contributed by atoms with Crippen molar-refractivity contribution in [1.29, 1.82) is 0 Å². The number of aromatic nitrogens is 2. The smallest absolute Gasteiger partial charge is 0.357 e. The van der Waals surface area contributed by atoms with Crippen molar-refractivity contribution in [3.63, 3.8) is 0 Å². The second kappa shape index (κ2) is 6.12. The molecule has 0 atom stereocenters. The number of carbonyl (C=O) groups is 1. The first-order valence-electron chi connectivity index (χ1n) is 7.49. The minimum atomic E-state index is -0.406. The molecule has 0 unspecified atom stereocenters. The number of hydrogen-bond acceptors (Lipinski definition) is 4. The third-order valence-corrected chi connectivity index (χ3v) is 3.43. The highest BCUT2D eigenvalue weighted by atomic mass is 16.5. The van der Waals surface area contributed by atoms with Gasteiger partial charge in [0.1, 0.15) is 11.5 Å². The summed E-state index contributed by atoms with van der Waals surface area (Å²) in [5.41, 5.74) is 2.87. The van der Waals surface area contributed by atoms with Gasteiger partial charge >= 0.3 is 5.97 Å². The van der Waals surface area contributed by atoms with Crippen LogP contribution < -0.4 is 0 Å². The number of aryl methyl sites for hydroxylation is 2. The van der Waals surface area contributed by atoms with Gasteiger partial charge in [0, 0.05) is 6.07 Å². The van der Waals surface area contributed by atoms with Crippen LogP contribution in [0, 0.1) is 13.8 Å². The third-order valence-electron chi connectivity index (χ3n) is 3.43. The van der Waals surface area contributed by atoms with Crippen molar-refractivity contribution in [2.24, 2.45) is 0 Å². The van der Waals surface area contributed by atoms with E-state index in [1.54, 1.807) is 17.7 Å². The molecular formula is C18H18N2O3. The quantitative estimate of drug-likeness (QED) is 0.685. The van der Waals surface area contributed by atoms with Crippen LogP contribution >= 0.6 is 0 Å². The van der Waals surface area contributed by atoms with Crippen molar-refractivity contribution in [1.82, 2.24) is 9.78 Å². The minimum Gasteiger partial charge on any atom is -0.461 e. The molecule has 3 aromatic rings. The van der Waals surface area contributed by atoms with Crippen molar-refractivity contribution in [3.8, 4) is 17.1 Å². The Morgan fingerprint density at radius 2 is 2.04 bits per heavy atom. The number of esters is 1. The van der Waals surface area contributed by atoms with Crippen molar-refractivity contribution >= 4 is 5.97 Å². The Bertz CT molecular complexity index is 846. The summed E-state index contributed by atoms with van der Waals surface area (Å²) in [6.45, 7) is 5.95. The van der Waals surface area contributed by atoms with E-state index in [9.17, 15) is 4.79 Å². The molecule has 5 heteroatoms. The van der Waals surface area contributed by atoms with E-state index >= 15 is 0 Å². The topological polar surface area (TPSA) is 57.3 Å². The Hall–Kier alpha value is -2.82. The summed E-state index contributed by atoms with van der Waals surface area (Å²) in [6, 6.07) is 13.2. The summed E-state index contributed by atoms with van der Waals surface area (Å²) in [4.78, 5) is 12.3. The maximum absolute atomic E-state index is 12.3.